The minimum atomic E-state index is -0.877. The van der Waals surface area contributed by atoms with E-state index < -0.39 is 11.6 Å². The van der Waals surface area contributed by atoms with Crippen molar-refractivity contribution in [3.05, 3.63) is 36.2 Å². The van der Waals surface area contributed by atoms with E-state index in [9.17, 15) is 9.90 Å². The Morgan fingerprint density at radius 2 is 1.94 bits per heavy atom. The molecule has 0 bridgehead atoms. The minimum Gasteiger partial charge on any atom is -0.494 e. The SMILES string of the molecule is COc1ccnc(CSc2nc3ccc(OCCCCCN(C(=O)O)C(C)(C)C)cc3[nH]2)c1OC. The van der Waals surface area contributed by atoms with Crippen LogP contribution >= 0.6 is 11.8 Å². The number of ether oxygens (including phenoxy) is 3. The van der Waals surface area contributed by atoms with Crippen LogP contribution in [0.3, 0.4) is 0 Å². The molecule has 2 aromatic heterocycles. The Hall–Kier alpha value is -3.14. The summed E-state index contributed by atoms with van der Waals surface area (Å²) in [6.07, 6.45) is 3.38. The molecule has 0 spiro atoms. The number of rotatable bonds is 12. The number of hydrogen-bond acceptors (Lipinski definition) is 7. The summed E-state index contributed by atoms with van der Waals surface area (Å²) in [6, 6.07) is 7.56. The molecular weight excluding hydrogens is 468 g/mol. The van der Waals surface area contributed by atoms with Crippen molar-refractivity contribution in [2.24, 2.45) is 0 Å². The number of thioether (sulfide) groups is 1. The van der Waals surface area contributed by atoms with Crippen molar-refractivity contribution >= 4 is 28.9 Å². The third-order valence-electron chi connectivity index (χ3n) is 5.48. The summed E-state index contributed by atoms with van der Waals surface area (Å²) in [6.45, 7) is 6.83. The van der Waals surface area contributed by atoms with Gasteiger partial charge in [0.15, 0.2) is 16.7 Å². The number of carbonyl (C=O) groups is 1. The van der Waals surface area contributed by atoms with Gasteiger partial charge in [-0.2, -0.15) is 0 Å². The number of benzene rings is 1. The minimum absolute atomic E-state index is 0.393. The largest absolute Gasteiger partial charge is 0.494 e. The number of unbranched alkanes of at least 4 members (excludes halogenated alkanes) is 2. The van der Waals surface area contributed by atoms with Gasteiger partial charge in [0.2, 0.25) is 0 Å². The van der Waals surface area contributed by atoms with E-state index in [1.54, 1.807) is 26.5 Å². The highest BCUT2D eigenvalue weighted by Gasteiger charge is 2.25. The van der Waals surface area contributed by atoms with Gasteiger partial charge in [-0.3, -0.25) is 4.98 Å². The number of nitrogens with zero attached hydrogens (tertiary/aromatic N) is 3. The fraction of sp³-hybridized carbons (Fsp3) is 0.480. The Kier molecular flexibility index (Phi) is 9.08. The molecule has 3 rings (SSSR count). The average Bonchev–Trinajstić information content (AvgIpc) is 3.22. The van der Waals surface area contributed by atoms with E-state index in [1.165, 1.54) is 16.7 Å². The fourth-order valence-electron chi connectivity index (χ4n) is 3.67. The van der Waals surface area contributed by atoms with Crippen LogP contribution in [0.25, 0.3) is 11.0 Å². The first-order valence-electron chi connectivity index (χ1n) is 11.5. The second-order valence-corrected chi connectivity index (χ2v) is 9.98. The maximum Gasteiger partial charge on any atom is 0.407 e. The van der Waals surface area contributed by atoms with Gasteiger partial charge in [-0.25, -0.2) is 9.78 Å². The number of aromatic nitrogens is 3. The van der Waals surface area contributed by atoms with Crippen LogP contribution in [-0.2, 0) is 5.75 Å². The van der Waals surface area contributed by atoms with Crippen LogP contribution in [0.15, 0.2) is 35.6 Å². The molecule has 9 nitrogen and oxygen atoms in total. The van der Waals surface area contributed by atoms with Gasteiger partial charge in [-0.15, -0.1) is 0 Å². The highest BCUT2D eigenvalue weighted by molar-refractivity contribution is 7.98. The van der Waals surface area contributed by atoms with Crippen molar-refractivity contribution in [3.63, 3.8) is 0 Å². The summed E-state index contributed by atoms with van der Waals surface area (Å²) < 4.78 is 16.7. The molecule has 0 saturated heterocycles. The Labute approximate surface area is 210 Å². The summed E-state index contributed by atoms with van der Waals surface area (Å²) in [5.41, 5.74) is 2.16. The molecule has 3 aromatic rings. The maximum absolute atomic E-state index is 11.4. The second kappa shape index (κ2) is 12.0. The zero-order valence-corrected chi connectivity index (χ0v) is 21.8. The van der Waals surface area contributed by atoms with E-state index in [0.717, 1.165) is 46.9 Å². The Morgan fingerprint density at radius 1 is 1.14 bits per heavy atom. The van der Waals surface area contributed by atoms with Gasteiger partial charge in [-0.1, -0.05) is 11.8 Å². The smallest absolute Gasteiger partial charge is 0.407 e. The highest BCUT2D eigenvalue weighted by Crippen LogP contribution is 2.33. The summed E-state index contributed by atoms with van der Waals surface area (Å²) in [5, 5.41) is 10.1. The number of fused-ring (bicyclic) bond motifs is 1. The molecule has 0 aliphatic heterocycles. The molecule has 35 heavy (non-hydrogen) atoms. The summed E-state index contributed by atoms with van der Waals surface area (Å²) in [5.74, 6) is 2.63. The number of carboxylic acid groups (broad SMARTS) is 1. The number of methoxy groups -OCH3 is 2. The van der Waals surface area contributed by atoms with E-state index >= 15 is 0 Å². The van der Waals surface area contributed by atoms with Crippen LogP contribution in [0.5, 0.6) is 17.2 Å². The maximum atomic E-state index is 11.4. The van der Waals surface area contributed by atoms with E-state index in [1.807, 2.05) is 39.0 Å². The molecular formula is C25H34N4O5S. The van der Waals surface area contributed by atoms with Crippen LogP contribution in [0.4, 0.5) is 4.79 Å². The molecule has 0 saturated carbocycles. The zero-order chi connectivity index (χ0) is 25.4. The third-order valence-corrected chi connectivity index (χ3v) is 6.36. The van der Waals surface area contributed by atoms with E-state index in [0.29, 0.717) is 30.4 Å². The average molecular weight is 503 g/mol. The zero-order valence-electron chi connectivity index (χ0n) is 21.0. The van der Waals surface area contributed by atoms with Crippen LogP contribution in [-0.4, -0.2) is 64.0 Å². The lowest BCUT2D eigenvalue weighted by Gasteiger charge is -2.33. The van der Waals surface area contributed by atoms with Crippen molar-refractivity contribution in [2.45, 2.75) is 56.5 Å². The van der Waals surface area contributed by atoms with Gasteiger partial charge in [0, 0.05) is 36.2 Å². The number of hydrogen-bond donors (Lipinski definition) is 2. The first-order valence-corrected chi connectivity index (χ1v) is 12.5. The number of imidazole rings is 1. The summed E-state index contributed by atoms with van der Waals surface area (Å²) in [4.78, 5) is 25.3. The molecule has 2 N–H and O–H groups in total. The van der Waals surface area contributed by atoms with Gasteiger partial charge in [-0.05, 0) is 52.2 Å². The highest BCUT2D eigenvalue weighted by atomic mass is 32.2. The first-order chi connectivity index (χ1) is 16.7. The molecule has 1 aromatic carbocycles. The number of pyridine rings is 1. The predicted molar refractivity (Wildman–Crippen MR) is 137 cm³/mol. The van der Waals surface area contributed by atoms with Crippen LogP contribution in [0.2, 0.25) is 0 Å². The number of nitrogens with one attached hydrogen (secondary N) is 1. The number of aromatic amines is 1. The molecule has 0 unspecified atom stereocenters. The van der Waals surface area contributed by atoms with Gasteiger partial charge in [0.1, 0.15) is 5.75 Å². The van der Waals surface area contributed by atoms with E-state index in [2.05, 4.69) is 15.0 Å². The monoisotopic (exact) mass is 502 g/mol. The van der Waals surface area contributed by atoms with E-state index in [4.69, 9.17) is 14.2 Å². The number of amides is 1. The summed E-state index contributed by atoms with van der Waals surface area (Å²) >= 11 is 1.54. The quantitative estimate of drug-likeness (QED) is 0.243. The Morgan fingerprint density at radius 3 is 2.63 bits per heavy atom. The molecule has 0 aliphatic carbocycles. The van der Waals surface area contributed by atoms with E-state index in [-0.39, 0.29) is 0 Å². The molecule has 190 valence electrons. The predicted octanol–water partition coefficient (Wildman–Crippen LogP) is 5.60. The van der Waals surface area contributed by atoms with Gasteiger partial charge >= 0.3 is 6.09 Å². The molecule has 10 heteroatoms. The Balaban J connectivity index is 1.49. The van der Waals surface area contributed by atoms with Crippen LogP contribution in [0, 0.1) is 0 Å². The lowest BCUT2D eigenvalue weighted by Crippen LogP contribution is -2.45. The molecule has 0 fully saturated rings. The van der Waals surface area contributed by atoms with Crippen molar-refractivity contribution in [3.8, 4) is 17.2 Å². The van der Waals surface area contributed by atoms with Gasteiger partial charge < -0.3 is 29.2 Å². The lowest BCUT2D eigenvalue weighted by atomic mass is 10.1. The second-order valence-electron chi connectivity index (χ2n) is 9.02. The fourth-order valence-corrected chi connectivity index (χ4v) is 4.49. The number of H-pyrrole nitrogens is 1. The van der Waals surface area contributed by atoms with Crippen molar-refractivity contribution in [1.82, 2.24) is 19.9 Å². The topological polar surface area (TPSA) is 110 Å². The van der Waals surface area contributed by atoms with Crippen molar-refractivity contribution < 1.29 is 24.1 Å². The lowest BCUT2D eigenvalue weighted by molar-refractivity contribution is 0.0987. The Bertz CT molecular complexity index is 1130. The summed E-state index contributed by atoms with van der Waals surface area (Å²) in [7, 11) is 3.21. The van der Waals surface area contributed by atoms with Gasteiger partial charge in [0.25, 0.3) is 0 Å². The molecule has 0 radical (unpaired) electrons. The normalized spacial score (nSPS) is 11.5. The molecule has 2 heterocycles. The third kappa shape index (κ3) is 7.17. The first kappa shape index (κ1) is 26.5. The molecule has 0 atom stereocenters. The van der Waals surface area contributed by atoms with Gasteiger partial charge in [0.05, 0.1) is 37.6 Å². The van der Waals surface area contributed by atoms with Crippen LogP contribution in [0.1, 0.15) is 45.7 Å². The van der Waals surface area contributed by atoms with Crippen molar-refractivity contribution in [1.29, 1.82) is 0 Å². The standard InChI is InChI=1S/C25H34N4O5S/c1-25(2,3)29(24(30)31)13-7-6-8-14-34-17-9-10-18-19(15-17)28-23(27-18)35-16-20-22(33-5)21(32-4)11-12-26-20/h9-12,15H,6-8,13-14,16H2,1-5H3,(H,27,28)(H,30,31). The molecule has 0 aliphatic rings. The molecule has 1 amide bonds. The van der Waals surface area contributed by atoms with Crippen molar-refractivity contribution in [2.75, 3.05) is 27.4 Å². The van der Waals surface area contributed by atoms with Crippen LogP contribution < -0.4 is 14.2 Å².